The number of rotatable bonds is 8. The minimum atomic E-state index is -0.0904. The van der Waals surface area contributed by atoms with Crippen LogP contribution in [0, 0.1) is 13.8 Å². The van der Waals surface area contributed by atoms with Crippen LogP contribution >= 0.6 is 11.8 Å². The maximum atomic E-state index is 12.4. The Labute approximate surface area is 148 Å². The zero-order chi connectivity index (χ0) is 17.4. The summed E-state index contributed by atoms with van der Waals surface area (Å²) in [4.78, 5) is 18.0. The summed E-state index contributed by atoms with van der Waals surface area (Å²) in [5, 5.41) is 3.67. The zero-order valence-corrected chi connectivity index (χ0v) is 15.3. The average molecular weight is 344 g/mol. The first-order valence-corrected chi connectivity index (χ1v) is 8.99. The van der Waals surface area contributed by atoms with Gasteiger partial charge in [-0.05, 0) is 56.5 Å². The van der Waals surface area contributed by atoms with Crippen molar-refractivity contribution in [3.63, 3.8) is 0 Å². The van der Waals surface area contributed by atoms with Gasteiger partial charge in [0.15, 0.2) is 0 Å². The van der Waals surface area contributed by atoms with E-state index >= 15 is 0 Å². The number of benzene rings is 1. The van der Waals surface area contributed by atoms with E-state index < -0.39 is 0 Å². The summed E-state index contributed by atoms with van der Waals surface area (Å²) < 4.78 is 5.28. The van der Waals surface area contributed by atoms with Crippen LogP contribution < -0.4 is 5.32 Å². The number of pyridine rings is 1. The van der Waals surface area contributed by atoms with Crippen molar-refractivity contribution >= 4 is 17.7 Å². The van der Waals surface area contributed by atoms with Gasteiger partial charge in [-0.25, -0.2) is 4.98 Å². The highest BCUT2D eigenvalue weighted by molar-refractivity contribution is 7.99. The van der Waals surface area contributed by atoms with Crippen LogP contribution in [0.1, 0.15) is 34.8 Å². The van der Waals surface area contributed by atoms with Gasteiger partial charge in [-0.3, -0.25) is 4.79 Å². The zero-order valence-electron chi connectivity index (χ0n) is 14.5. The molecule has 1 aromatic carbocycles. The van der Waals surface area contributed by atoms with Crippen molar-refractivity contribution in [1.82, 2.24) is 10.3 Å². The van der Waals surface area contributed by atoms with Crippen LogP contribution in [0.5, 0.6) is 0 Å². The van der Waals surface area contributed by atoms with Crippen LogP contribution in [-0.4, -0.2) is 30.6 Å². The van der Waals surface area contributed by atoms with E-state index in [1.807, 2.05) is 13.0 Å². The Kier molecular flexibility index (Phi) is 7.28. The first kappa shape index (κ1) is 18.5. The molecule has 0 aliphatic heterocycles. The van der Waals surface area contributed by atoms with Gasteiger partial charge in [0.25, 0.3) is 5.91 Å². The molecule has 0 saturated heterocycles. The second-order valence-corrected chi connectivity index (χ2v) is 6.56. The third-order valence-electron chi connectivity index (χ3n) is 3.52. The number of aromatic nitrogens is 1. The van der Waals surface area contributed by atoms with Crippen LogP contribution in [0.4, 0.5) is 0 Å². The van der Waals surface area contributed by atoms with E-state index in [-0.39, 0.29) is 5.91 Å². The highest BCUT2D eigenvalue weighted by Gasteiger charge is 2.14. The standard InChI is InChI=1S/C19H24N2O2S/c1-4-23-12-6-11-20-18(22)16-7-5-10-21-19(16)24-17-13-14(2)8-9-15(17)3/h5,7-10,13H,4,6,11-12H2,1-3H3,(H,20,22). The van der Waals surface area contributed by atoms with Gasteiger partial charge in [0, 0.05) is 30.9 Å². The molecule has 0 spiro atoms. The molecule has 4 nitrogen and oxygen atoms in total. The highest BCUT2D eigenvalue weighted by atomic mass is 32.2. The van der Waals surface area contributed by atoms with Crippen molar-refractivity contribution in [2.45, 2.75) is 37.1 Å². The lowest BCUT2D eigenvalue weighted by molar-refractivity contribution is 0.0940. The Hall–Kier alpha value is -1.85. The number of hydrogen-bond acceptors (Lipinski definition) is 4. The molecule has 0 saturated carbocycles. The molecule has 0 aliphatic carbocycles. The van der Waals surface area contributed by atoms with Gasteiger partial charge in [0.1, 0.15) is 5.03 Å². The van der Waals surface area contributed by atoms with Crippen LogP contribution in [0.25, 0.3) is 0 Å². The second kappa shape index (κ2) is 9.45. The predicted octanol–water partition coefficient (Wildman–Crippen LogP) is 4.01. The van der Waals surface area contributed by atoms with Gasteiger partial charge in [-0.1, -0.05) is 23.9 Å². The maximum Gasteiger partial charge on any atom is 0.254 e. The fourth-order valence-electron chi connectivity index (χ4n) is 2.18. The minimum Gasteiger partial charge on any atom is -0.382 e. The van der Waals surface area contributed by atoms with Crippen LogP contribution in [0.2, 0.25) is 0 Å². The molecule has 5 heteroatoms. The molecule has 24 heavy (non-hydrogen) atoms. The quantitative estimate of drug-likeness (QED) is 0.735. The van der Waals surface area contributed by atoms with Gasteiger partial charge < -0.3 is 10.1 Å². The van der Waals surface area contributed by atoms with Crippen molar-refractivity contribution in [2.24, 2.45) is 0 Å². The molecule has 0 bridgehead atoms. The molecule has 2 rings (SSSR count). The summed E-state index contributed by atoms with van der Waals surface area (Å²) >= 11 is 1.53. The Morgan fingerprint density at radius 3 is 2.92 bits per heavy atom. The van der Waals surface area contributed by atoms with E-state index in [4.69, 9.17) is 4.74 Å². The van der Waals surface area contributed by atoms with E-state index in [1.54, 1.807) is 12.3 Å². The summed E-state index contributed by atoms with van der Waals surface area (Å²) in [6.07, 6.45) is 2.53. The monoisotopic (exact) mass is 344 g/mol. The molecule has 1 aromatic heterocycles. The Bertz CT molecular complexity index is 689. The van der Waals surface area contributed by atoms with E-state index in [9.17, 15) is 4.79 Å². The van der Waals surface area contributed by atoms with E-state index in [2.05, 4.69) is 42.3 Å². The largest absolute Gasteiger partial charge is 0.382 e. The van der Waals surface area contributed by atoms with Gasteiger partial charge in [-0.2, -0.15) is 0 Å². The smallest absolute Gasteiger partial charge is 0.254 e. The summed E-state index contributed by atoms with van der Waals surface area (Å²) in [6.45, 7) is 8.06. The number of ether oxygens (including phenoxy) is 1. The number of hydrogen-bond donors (Lipinski definition) is 1. The van der Waals surface area contributed by atoms with Crippen molar-refractivity contribution in [3.8, 4) is 0 Å². The molecule has 1 heterocycles. The number of carbonyl (C=O) groups is 1. The molecular formula is C19H24N2O2S. The Balaban J connectivity index is 2.06. The number of nitrogens with zero attached hydrogens (tertiary/aromatic N) is 1. The Morgan fingerprint density at radius 2 is 2.12 bits per heavy atom. The van der Waals surface area contributed by atoms with Crippen LogP contribution in [-0.2, 0) is 4.74 Å². The molecule has 1 amide bonds. The molecule has 0 atom stereocenters. The van der Waals surface area contributed by atoms with Crippen molar-refractivity contribution < 1.29 is 9.53 Å². The van der Waals surface area contributed by atoms with Crippen molar-refractivity contribution in [1.29, 1.82) is 0 Å². The SMILES string of the molecule is CCOCCCNC(=O)c1cccnc1Sc1cc(C)ccc1C. The second-order valence-electron chi connectivity index (χ2n) is 5.53. The summed E-state index contributed by atoms with van der Waals surface area (Å²) in [5.74, 6) is -0.0904. The fourth-order valence-corrected chi connectivity index (χ4v) is 3.25. The van der Waals surface area contributed by atoms with E-state index in [1.165, 1.54) is 22.9 Å². The molecule has 1 N–H and O–H groups in total. The third-order valence-corrected chi connectivity index (χ3v) is 4.70. The predicted molar refractivity (Wildman–Crippen MR) is 97.7 cm³/mol. The van der Waals surface area contributed by atoms with Gasteiger partial charge in [-0.15, -0.1) is 0 Å². The third kappa shape index (κ3) is 5.35. The molecule has 0 aliphatic rings. The minimum absolute atomic E-state index is 0.0904. The summed E-state index contributed by atoms with van der Waals surface area (Å²) in [5.41, 5.74) is 2.99. The topological polar surface area (TPSA) is 51.2 Å². The van der Waals surface area contributed by atoms with Crippen LogP contribution in [0.3, 0.4) is 0 Å². The fraction of sp³-hybridized carbons (Fsp3) is 0.368. The molecule has 0 radical (unpaired) electrons. The normalized spacial score (nSPS) is 10.6. The van der Waals surface area contributed by atoms with Crippen molar-refractivity contribution in [2.75, 3.05) is 19.8 Å². The van der Waals surface area contributed by atoms with Gasteiger partial charge in [0.05, 0.1) is 5.56 Å². The Morgan fingerprint density at radius 1 is 1.29 bits per heavy atom. The summed E-state index contributed by atoms with van der Waals surface area (Å²) in [7, 11) is 0. The van der Waals surface area contributed by atoms with E-state index in [0.29, 0.717) is 25.3 Å². The number of nitrogens with one attached hydrogen (secondary N) is 1. The molecule has 0 unspecified atom stereocenters. The lowest BCUT2D eigenvalue weighted by Crippen LogP contribution is -2.26. The van der Waals surface area contributed by atoms with Gasteiger partial charge >= 0.3 is 0 Å². The lowest BCUT2D eigenvalue weighted by atomic mass is 10.2. The molecule has 2 aromatic rings. The van der Waals surface area contributed by atoms with Gasteiger partial charge in [0.2, 0.25) is 0 Å². The highest BCUT2D eigenvalue weighted by Crippen LogP contribution is 2.31. The lowest BCUT2D eigenvalue weighted by Gasteiger charge is -2.11. The summed E-state index contributed by atoms with van der Waals surface area (Å²) in [6, 6.07) is 9.91. The van der Waals surface area contributed by atoms with Crippen LogP contribution in [0.15, 0.2) is 46.5 Å². The number of aryl methyl sites for hydroxylation is 2. The first-order valence-electron chi connectivity index (χ1n) is 8.18. The van der Waals surface area contributed by atoms with E-state index in [0.717, 1.165) is 16.3 Å². The average Bonchev–Trinajstić information content (AvgIpc) is 2.58. The molecular weight excluding hydrogens is 320 g/mol. The maximum absolute atomic E-state index is 12.4. The molecule has 128 valence electrons. The van der Waals surface area contributed by atoms with Crippen molar-refractivity contribution in [3.05, 3.63) is 53.2 Å². The molecule has 0 fully saturated rings. The first-order chi connectivity index (χ1) is 11.6. The number of amides is 1. The number of carbonyl (C=O) groups excluding carboxylic acids is 1.